The van der Waals surface area contributed by atoms with E-state index < -0.39 is 0 Å². The molecule has 1 unspecified atom stereocenters. The molecule has 1 saturated carbocycles. The second-order valence-corrected chi connectivity index (χ2v) is 4.73. The Morgan fingerprint density at radius 3 is 2.43 bits per heavy atom. The predicted molar refractivity (Wildman–Crippen MR) is 56.8 cm³/mol. The van der Waals surface area contributed by atoms with Gasteiger partial charge in [-0.05, 0) is 45.2 Å². The van der Waals surface area contributed by atoms with Crippen LogP contribution in [0, 0.1) is 17.2 Å². The Hall–Kier alpha value is -0.550. The van der Waals surface area contributed by atoms with Crippen molar-refractivity contribution in [3.63, 3.8) is 0 Å². The first-order valence-corrected chi connectivity index (χ1v) is 6.04. The molecule has 1 saturated heterocycles. The van der Waals surface area contributed by atoms with Crippen molar-refractivity contribution in [3.05, 3.63) is 0 Å². The topological polar surface area (TPSA) is 27.0 Å². The first-order valence-electron chi connectivity index (χ1n) is 6.04. The van der Waals surface area contributed by atoms with E-state index in [9.17, 15) is 0 Å². The van der Waals surface area contributed by atoms with Gasteiger partial charge in [-0.15, -0.1) is 0 Å². The van der Waals surface area contributed by atoms with Crippen molar-refractivity contribution >= 4 is 0 Å². The van der Waals surface area contributed by atoms with Crippen molar-refractivity contribution < 1.29 is 0 Å². The Morgan fingerprint density at radius 1 is 0.929 bits per heavy atom. The highest BCUT2D eigenvalue weighted by Crippen LogP contribution is 2.26. The summed E-state index contributed by atoms with van der Waals surface area (Å²) in [5.74, 6) is 0.335. The van der Waals surface area contributed by atoms with Gasteiger partial charge in [0.1, 0.15) is 0 Å². The van der Waals surface area contributed by atoms with Crippen LogP contribution in [0.4, 0.5) is 0 Å². The molecule has 0 N–H and O–H groups in total. The van der Waals surface area contributed by atoms with Crippen molar-refractivity contribution in [1.29, 1.82) is 5.26 Å². The molecule has 0 spiro atoms. The van der Waals surface area contributed by atoms with Gasteiger partial charge in [0.25, 0.3) is 0 Å². The molecule has 1 aliphatic carbocycles. The van der Waals surface area contributed by atoms with Crippen molar-refractivity contribution in [2.45, 2.75) is 51.0 Å². The largest absolute Gasteiger partial charge is 0.300 e. The summed E-state index contributed by atoms with van der Waals surface area (Å²) < 4.78 is 0. The lowest BCUT2D eigenvalue weighted by atomic mass is 10.0. The van der Waals surface area contributed by atoms with Gasteiger partial charge in [-0.1, -0.05) is 12.8 Å². The molecule has 14 heavy (non-hydrogen) atoms. The van der Waals surface area contributed by atoms with E-state index in [1.807, 2.05) is 0 Å². The molecule has 2 nitrogen and oxygen atoms in total. The normalized spacial score (nSPS) is 31.2. The summed E-state index contributed by atoms with van der Waals surface area (Å²) in [5.41, 5.74) is 0. The van der Waals surface area contributed by atoms with Crippen LogP contribution in [0.25, 0.3) is 0 Å². The van der Waals surface area contributed by atoms with Gasteiger partial charge >= 0.3 is 0 Å². The molecule has 2 rings (SSSR count). The fourth-order valence-corrected chi connectivity index (χ4v) is 2.88. The zero-order valence-corrected chi connectivity index (χ0v) is 8.91. The second kappa shape index (κ2) is 4.79. The summed E-state index contributed by atoms with van der Waals surface area (Å²) in [7, 11) is 0. The maximum Gasteiger partial charge on any atom is 0.0656 e. The van der Waals surface area contributed by atoms with E-state index in [0.29, 0.717) is 5.92 Å². The van der Waals surface area contributed by atoms with Crippen molar-refractivity contribution in [2.75, 3.05) is 13.1 Å². The molecule has 78 valence electrons. The summed E-state index contributed by atoms with van der Waals surface area (Å²) in [6, 6.07) is 3.28. The van der Waals surface area contributed by atoms with Crippen LogP contribution in [-0.2, 0) is 0 Å². The van der Waals surface area contributed by atoms with Crippen LogP contribution in [0.5, 0.6) is 0 Å². The van der Waals surface area contributed by atoms with E-state index in [4.69, 9.17) is 5.26 Å². The maximum absolute atomic E-state index is 8.90. The first-order chi connectivity index (χ1) is 6.90. The molecule has 0 amide bonds. The zero-order chi connectivity index (χ0) is 9.80. The van der Waals surface area contributed by atoms with Gasteiger partial charge in [-0.3, -0.25) is 0 Å². The summed E-state index contributed by atoms with van der Waals surface area (Å²) in [6.07, 6.45) is 9.10. The Morgan fingerprint density at radius 2 is 1.71 bits per heavy atom. The average Bonchev–Trinajstić information content (AvgIpc) is 2.63. The minimum Gasteiger partial charge on any atom is -0.300 e. The Bertz CT molecular complexity index is 213. The highest BCUT2D eigenvalue weighted by Gasteiger charge is 2.25. The third kappa shape index (κ3) is 2.27. The highest BCUT2D eigenvalue weighted by atomic mass is 15.2. The number of hydrogen-bond donors (Lipinski definition) is 0. The van der Waals surface area contributed by atoms with E-state index in [0.717, 1.165) is 18.9 Å². The molecule has 2 heteroatoms. The minimum atomic E-state index is 0.335. The van der Waals surface area contributed by atoms with Gasteiger partial charge in [0, 0.05) is 12.0 Å². The van der Waals surface area contributed by atoms with Gasteiger partial charge < -0.3 is 4.90 Å². The Kier molecular flexibility index (Phi) is 3.42. The third-order valence-electron chi connectivity index (χ3n) is 3.79. The molecule has 0 radical (unpaired) electrons. The van der Waals surface area contributed by atoms with Crippen molar-refractivity contribution in [3.8, 4) is 6.07 Å². The van der Waals surface area contributed by atoms with Gasteiger partial charge in [0.2, 0.25) is 0 Å². The SMILES string of the molecule is N#CC1CCCN(C2CCCC2)CC1. The molecule has 2 aliphatic rings. The lowest BCUT2D eigenvalue weighted by Gasteiger charge is -2.26. The molecule has 1 atom stereocenters. The number of nitrogens with zero attached hydrogens (tertiary/aromatic N) is 2. The zero-order valence-electron chi connectivity index (χ0n) is 8.91. The molecule has 2 fully saturated rings. The number of hydrogen-bond acceptors (Lipinski definition) is 2. The monoisotopic (exact) mass is 192 g/mol. The predicted octanol–water partition coefficient (Wildman–Crippen LogP) is 2.55. The van der Waals surface area contributed by atoms with E-state index in [-0.39, 0.29) is 0 Å². The van der Waals surface area contributed by atoms with Crippen LogP contribution in [0.1, 0.15) is 44.9 Å². The average molecular weight is 192 g/mol. The molecule has 0 aromatic carbocycles. The van der Waals surface area contributed by atoms with Crippen LogP contribution in [-0.4, -0.2) is 24.0 Å². The number of likely N-dealkylation sites (tertiary alicyclic amines) is 1. The molecule has 1 heterocycles. The van der Waals surface area contributed by atoms with Gasteiger partial charge in [-0.2, -0.15) is 5.26 Å². The minimum absolute atomic E-state index is 0.335. The van der Waals surface area contributed by atoms with Crippen LogP contribution in [0.2, 0.25) is 0 Å². The molecule has 0 bridgehead atoms. The van der Waals surface area contributed by atoms with E-state index in [1.165, 1.54) is 45.2 Å². The standard InChI is InChI=1S/C12H20N2/c13-10-11-4-3-8-14(9-7-11)12-5-1-2-6-12/h11-12H,1-9H2. The van der Waals surface area contributed by atoms with Crippen molar-refractivity contribution in [1.82, 2.24) is 4.90 Å². The van der Waals surface area contributed by atoms with Gasteiger partial charge in [0.05, 0.1) is 6.07 Å². The maximum atomic E-state index is 8.90. The van der Waals surface area contributed by atoms with Crippen molar-refractivity contribution in [2.24, 2.45) is 5.92 Å². The summed E-state index contributed by atoms with van der Waals surface area (Å²) in [5, 5.41) is 8.90. The van der Waals surface area contributed by atoms with Crippen LogP contribution in [0.15, 0.2) is 0 Å². The summed E-state index contributed by atoms with van der Waals surface area (Å²) >= 11 is 0. The molecule has 0 aromatic heterocycles. The van der Waals surface area contributed by atoms with Crippen LogP contribution < -0.4 is 0 Å². The molecular formula is C12H20N2. The van der Waals surface area contributed by atoms with Gasteiger partial charge in [-0.25, -0.2) is 0 Å². The smallest absolute Gasteiger partial charge is 0.0656 e. The molecule has 0 aromatic rings. The van der Waals surface area contributed by atoms with Gasteiger partial charge in [0.15, 0.2) is 0 Å². The summed E-state index contributed by atoms with van der Waals surface area (Å²) in [4.78, 5) is 2.64. The van der Waals surface area contributed by atoms with E-state index >= 15 is 0 Å². The lowest BCUT2D eigenvalue weighted by molar-refractivity contribution is 0.205. The summed E-state index contributed by atoms with van der Waals surface area (Å²) in [6.45, 7) is 2.41. The van der Waals surface area contributed by atoms with E-state index in [2.05, 4.69) is 11.0 Å². The fraction of sp³-hybridized carbons (Fsp3) is 0.917. The molecular weight excluding hydrogens is 172 g/mol. The Labute approximate surface area is 86.9 Å². The first kappa shape index (κ1) is 9.98. The van der Waals surface area contributed by atoms with E-state index in [1.54, 1.807) is 0 Å². The highest BCUT2D eigenvalue weighted by molar-refractivity contribution is 4.87. The second-order valence-electron chi connectivity index (χ2n) is 4.73. The Balaban J connectivity index is 1.85. The van der Waals surface area contributed by atoms with Crippen LogP contribution in [0.3, 0.4) is 0 Å². The quantitative estimate of drug-likeness (QED) is 0.638. The number of nitriles is 1. The molecule has 1 aliphatic heterocycles. The fourth-order valence-electron chi connectivity index (χ4n) is 2.88. The lowest BCUT2D eigenvalue weighted by Crippen LogP contribution is -2.34. The third-order valence-corrected chi connectivity index (χ3v) is 3.79. The number of rotatable bonds is 1. The van der Waals surface area contributed by atoms with Crippen LogP contribution >= 0.6 is 0 Å².